The van der Waals surface area contributed by atoms with E-state index in [4.69, 9.17) is 0 Å². The third-order valence-corrected chi connectivity index (χ3v) is 2.97. The largest absolute Gasteiger partial charge is 0.512 e. The molecule has 3 rings (SSSR count). The summed E-state index contributed by atoms with van der Waals surface area (Å²) in [5, 5.41) is 12.0. The highest BCUT2D eigenvalue weighted by Crippen LogP contribution is 2.24. The fourth-order valence-electron chi connectivity index (χ4n) is 2.10. The van der Waals surface area contributed by atoms with Crippen LogP contribution in [0.3, 0.4) is 0 Å². The fourth-order valence-corrected chi connectivity index (χ4v) is 2.10. The molecule has 1 heteroatoms. The van der Waals surface area contributed by atoms with Crippen molar-refractivity contribution in [2.24, 2.45) is 0 Å². The molecule has 2 aliphatic rings. The molecule has 0 bridgehead atoms. The maximum absolute atomic E-state index is 9.50. The van der Waals surface area contributed by atoms with Crippen LogP contribution in [0.2, 0.25) is 0 Å². The van der Waals surface area contributed by atoms with E-state index in [1.54, 1.807) is 6.08 Å². The monoisotopic (exact) mass is 208 g/mol. The molecule has 2 aliphatic carbocycles. The zero-order chi connectivity index (χ0) is 11.0. The van der Waals surface area contributed by atoms with Crippen molar-refractivity contribution in [2.75, 3.05) is 0 Å². The van der Waals surface area contributed by atoms with E-state index in [0.717, 1.165) is 0 Å². The van der Waals surface area contributed by atoms with Crippen LogP contribution in [0, 0.1) is 0 Å². The van der Waals surface area contributed by atoms with Gasteiger partial charge in [0, 0.05) is 6.42 Å². The molecule has 1 aromatic rings. The number of aliphatic hydroxyl groups is 1. The molecule has 0 spiro atoms. The van der Waals surface area contributed by atoms with Gasteiger partial charge in [0.25, 0.3) is 0 Å². The number of rotatable bonds is 0. The molecule has 0 saturated heterocycles. The van der Waals surface area contributed by atoms with Crippen molar-refractivity contribution < 1.29 is 5.11 Å². The molecule has 0 saturated carbocycles. The van der Waals surface area contributed by atoms with E-state index < -0.39 is 0 Å². The van der Waals surface area contributed by atoms with Crippen LogP contribution in [0.4, 0.5) is 0 Å². The SMILES string of the molecule is OC1=CC=C2C=c3ccccc3=CC=C2C1. The number of allylic oxidation sites excluding steroid dienone is 5. The van der Waals surface area contributed by atoms with Crippen LogP contribution in [-0.4, -0.2) is 5.11 Å². The first-order valence-corrected chi connectivity index (χ1v) is 5.41. The summed E-state index contributed by atoms with van der Waals surface area (Å²) in [6, 6.07) is 8.31. The van der Waals surface area contributed by atoms with E-state index in [0.29, 0.717) is 12.2 Å². The molecule has 0 atom stereocenters. The Morgan fingerprint density at radius 3 is 2.56 bits per heavy atom. The molecule has 0 radical (unpaired) electrons. The quantitative estimate of drug-likeness (QED) is 0.691. The van der Waals surface area contributed by atoms with Gasteiger partial charge in [-0.1, -0.05) is 42.5 Å². The standard InChI is InChI=1S/C15H12O/c16-15-8-7-13-9-12-4-2-1-3-11(12)5-6-14(13)10-15/h1-9,16H,10H2. The predicted octanol–water partition coefficient (Wildman–Crippen LogP) is 1.96. The second kappa shape index (κ2) is 3.53. The van der Waals surface area contributed by atoms with Gasteiger partial charge in [-0.05, 0) is 33.7 Å². The van der Waals surface area contributed by atoms with Crippen molar-refractivity contribution in [3.63, 3.8) is 0 Å². The molecule has 1 aromatic carbocycles. The lowest BCUT2D eigenvalue weighted by Gasteiger charge is -2.11. The van der Waals surface area contributed by atoms with Gasteiger partial charge in [0.2, 0.25) is 0 Å². The second-order valence-electron chi connectivity index (χ2n) is 4.09. The van der Waals surface area contributed by atoms with Gasteiger partial charge in [0.05, 0.1) is 5.76 Å². The van der Waals surface area contributed by atoms with Crippen LogP contribution in [0.25, 0.3) is 12.2 Å². The van der Waals surface area contributed by atoms with Gasteiger partial charge in [-0.25, -0.2) is 0 Å². The van der Waals surface area contributed by atoms with Gasteiger partial charge in [0.15, 0.2) is 0 Å². The molecular weight excluding hydrogens is 196 g/mol. The third kappa shape index (κ3) is 1.50. The molecule has 0 heterocycles. The Kier molecular flexibility index (Phi) is 2.03. The van der Waals surface area contributed by atoms with Gasteiger partial charge in [-0.3, -0.25) is 0 Å². The molecule has 0 aromatic heterocycles. The Labute approximate surface area is 94.1 Å². The first kappa shape index (κ1) is 9.22. The highest BCUT2D eigenvalue weighted by atomic mass is 16.3. The lowest BCUT2D eigenvalue weighted by molar-refractivity contribution is 0.398. The first-order chi connectivity index (χ1) is 7.83. The van der Waals surface area contributed by atoms with Crippen LogP contribution in [0.1, 0.15) is 6.42 Å². The summed E-state index contributed by atoms with van der Waals surface area (Å²) in [4.78, 5) is 0. The van der Waals surface area contributed by atoms with E-state index >= 15 is 0 Å². The van der Waals surface area contributed by atoms with Gasteiger partial charge in [-0.15, -0.1) is 0 Å². The maximum atomic E-state index is 9.50. The topological polar surface area (TPSA) is 20.2 Å². The summed E-state index contributed by atoms with van der Waals surface area (Å²) in [5.41, 5.74) is 2.37. The van der Waals surface area contributed by atoms with Crippen molar-refractivity contribution >= 4 is 12.2 Å². The number of hydrogen-bond acceptors (Lipinski definition) is 1. The number of hydrogen-bond donors (Lipinski definition) is 1. The van der Waals surface area contributed by atoms with Gasteiger partial charge in [-0.2, -0.15) is 0 Å². The average Bonchev–Trinajstić information content (AvgIpc) is 2.48. The molecule has 0 amide bonds. The highest BCUT2D eigenvalue weighted by molar-refractivity contribution is 5.66. The molecule has 0 fully saturated rings. The minimum Gasteiger partial charge on any atom is -0.512 e. The van der Waals surface area contributed by atoms with Crippen LogP contribution < -0.4 is 10.4 Å². The van der Waals surface area contributed by atoms with E-state index in [2.05, 4.69) is 30.4 Å². The smallest absolute Gasteiger partial charge is 0.0966 e. The Morgan fingerprint density at radius 2 is 1.69 bits per heavy atom. The molecule has 0 unspecified atom stereocenters. The highest BCUT2D eigenvalue weighted by Gasteiger charge is 2.10. The fraction of sp³-hybridized carbons (Fsp3) is 0.0667. The summed E-state index contributed by atoms with van der Waals surface area (Å²) in [7, 11) is 0. The van der Waals surface area contributed by atoms with E-state index in [-0.39, 0.29) is 0 Å². The minimum absolute atomic E-state index is 0.433. The molecular formula is C15H12O. The van der Waals surface area contributed by atoms with E-state index in [9.17, 15) is 5.11 Å². The Balaban J connectivity index is 2.27. The van der Waals surface area contributed by atoms with Crippen molar-refractivity contribution in [2.45, 2.75) is 6.42 Å². The molecule has 78 valence electrons. The summed E-state index contributed by atoms with van der Waals surface area (Å²) < 4.78 is 0. The molecule has 0 aliphatic heterocycles. The zero-order valence-corrected chi connectivity index (χ0v) is 8.85. The Hall–Kier alpha value is -2.02. The van der Waals surface area contributed by atoms with Crippen molar-refractivity contribution in [1.82, 2.24) is 0 Å². The normalized spacial score (nSPS) is 17.6. The second-order valence-corrected chi connectivity index (χ2v) is 4.09. The molecule has 16 heavy (non-hydrogen) atoms. The number of fused-ring (bicyclic) bond motifs is 2. The van der Waals surface area contributed by atoms with Crippen LogP contribution >= 0.6 is 0 Å². The third-order valence-electron chi connectivity index (χ3n) is 2.97. The number of aliphatic hydroxyl groups excluding tert-OH is 1. The van der Waals surface area contributed by atoms with Crippen molar-refractivity contribution in [3.05, 3.63) is 69.8 Å². The molecule has 1 nitrogen and oxygen atoms in total. The minimum atomic E-state index is 0.433. The summed E-state index contributed by atoms with van der Waals surface area (Å²) in [6.45, 7) is 0. The van der Waals surface area contributed by atoms with Crippen LogP contribution in [0.15, 0.2) is 59.4 Å². The number of benzene rings is 1. The van der Waals surface area contributed by atoms with Crippen molar-refractivity contribution in [1.29, 1.82) is 0 Å². The summed E-state index contributed by atoms with van der Waals surface area (Å²) in [5.74, 6) is 0.433. The van der Waals surface area contributed by atoms with Crippen LogP contribution in [-0.2, 0) is 0 Å². The lowest BCUT2D eigenvalue weighted by Crippen LogP contribution is -2.22. The summed E-state index contributed by atoms with van der Waals surface area (Å²) >= 11 is 0. The maximum Gasteiger partial charge on any atom is 0.0966 e. The van der Waals surface area contributed by atoms with Crippen LogP contribution in [0.5, 0.6) is 0 Å². The average molecular weight is 208 g/mol. The van der Waals surface area contributed by atoms with Gasteiger partial charge in [0.1, 0.15) is 0 Å². The zero-order valence-electron chi connectivity index (χ0n) is 8.85. The van der Waals surface area contributed by atoms with Crippen molar-refractivity contribution in [3.8, 4) is 0 Å². The lowest BCUT2D eigenvalue weighted by atomic mass is 9.96. The Bertz CT molecular complexity index is 642. The first-order valence-electron chi connectivity index (χ1n) is 5.41. The van der Waals surface area contributed by atoms with E-state index in [1.807, 2.05) is 18.2 Å². The molecule has 1 N–H and O–H groups in total. The predicted molar refractivity (Wildman–Crippen MR) is 66.1 cm³/mol. The van der Waals surface area contributed by atoms with E-state index in [1.165, 1.54) is 21.6 Å². The Morgan fingerprint density at radius 1 is 0.875 bits per heavy atom. The summed E-state index contributed by atoms with van der Waals surface area (Å²) in [6.07, 6.45) is 10.8. The van der Waals surface area contributed by atoms with Gasteiger partial charge < -0.3 is 5.11 Å². The van der Waals surface area contributed by atoms with Gasteiger partial charge >= 0.3 is 0 Å².